The summed E-state index contributed by atoms with van der Waals surface area (Å²) in [5.41, 5.74) is 1.95. The lowest BCUT2D eigenvalue weighted by Crippen LogP contribution is -2.46. The monoisotopic (exact) mass is 348 g/mol. The molecule has 1 saturated heterocycles. The lowest BCUT2D eigenvalue weighted by atomic mass is 10.0. The van der Waals surface area contributed by atoms with Gasteiger partial charge < -0.3 is 9.80 Å². The van der Waals surface area contributed by atoms with E-state index in [9.17, 15) is 4.79 Å². The Bertz CT molecular complexity index is 908. The van der Waals surface area contributed by atoms with E-state index in [4.69, 9.17) is 0 Å². The molecule has 1 aliphatic heterocycles. The van der Waals surface area contributed by atoms with Crippen LogP contribution < -0.4 is 4.90 Å². The van der Waals surface area contributed by atoms with Gasteiger partial charge in [-0.15, -0.1) is 5.10 Å². The van der Waals surface area contributed by atoms with Gasteiger partial charge in [0.15, 0.2) is 5.82 Å². The van der Waals surface area contributed by atoms with Gasteiger partial charge in [0.1, 0.15) is 5.69 Å². The summed E-state index contributed by atoms with van der Waals surface area (Å²) < 4.78 is 0. The Kier molecular flexibility index (Phi) is 4.43. The molecule has 1 aromatic carbocycles. The van der Waals surface area contributed by atoms with Crippen LogP contribution in [-0.4, -0.2) is 57.2 Å². The van der Waals surface area contributed by atoms with E-state index in [1.807, 2.05) is 48.3 Å². The predicted molar refractivity (Wildman–Crippen MR) is 98.9 cm³/mol. The summed E-state index contributed by atoms with van der Waals surface area (Å²) >= 11 is 0. The molecule has 0 spiro atoms. The van der Waals surface area contributed by atoms with Gasteiger partial charge in [-0.05, 0) is 37.1 Å². The van der Waals surface area contributed by atoms with Gasteiger partial charge in [-0.2, -0.15) is 5.10 Å². The topological polar surface area (TPSA) is 75.1 Å². The highest BCUT2D eigenvalue weighted by atomic mass is 16.2. The maximum Gasteiger partial charge on any atom is 0.274 e. The number of nitrogens with zero attached hydrogens (tertiary/aromatic N) is 6. The number of hydrogen-bond donors (Lipinski definition) is 0. The minimum Gasteiger partial charge on any atom is -0.355 e. The van der Waals surface area contributed by atoms with Gasteiger partial charge in [-0.3, -0.25) is 9.78 Å². The molecule has 132 valence electrons. The molecule has 0 radical (unpaired) electrons. The molecular weight excluding hydrogens is 328 g/mol. The highest BCUT2D eigenvalue weighted by molar-refractivity contribution is 5.93. The van der Waals surface area contributed by atoms with Crippen molar-refractivity contribution >= 4 is 22.8 Å². The summed E-state index contributed by atoms with van der Waals surface area (Å²) in [5.74, 6) is 0.807. The molecule has 0 aliphatic carbocycles. The van der Waals surface area contributed by atoms with Gasteiger partial charge in [0, 0.05) is 32.4 Å². The molecule has 0 saturated carbocycles. The molecule has 7 nitrogen and oxygen atoms in total. The van der Waals surface area contributed by atoms with Gasteiger partial charge in [0.05, 0.1) is 17.2 Å². The number of anilines is 1. The number of benzene rings is 1. The smallest absolute Gasteiger partial charge is 0.274 e. The Balaban J connectivity index is 1.43. The Morgan fingerprint density at radius 3 is 2.62 bits per heavy atom. The Hall–Kier alpha value is -3.09. The fraction of sp³-hybridized carbons (Fsp3) is 0.316. The van der Waals surface area contributed by atoms with Crippen LogP contribution in [0.15, 0.2) is 48.8 Å². The highest BCUT2D eigenvalue weighted by Crippen LogP contribution is 2.21. The van der Waals surface area contributed by atoms with Gasteiger partial charge >= 0.3 is 0 Å². The third-order valence-electron chi connectivity index (χ3n) is 4.89. The average Bonchev–Trinajstić information content (AvgIpc) is 2.73. The van der Waals surface area contributed by atoms with Crippen molar-refractivity contribution in [1.29, 1.82) is 0 Å². The Labute approximate surface area is 151 Å². The van der Waals surface area contributed by atoms with Crippen LogP contribution in [0, 0.1) is 0 Å². The van der Waals surface area contributed by atoms with Crippen molar-refractivity contribution in [2.24, 2.45) is 0 Å². The second kappa shape index (κ2) is 7.03. The lowest BCUT2D eigenvalue weighted by Gasteiger charge is -2.36. The van der Waals surface area contributed by atoms with Crippen molar-refractivity contribution in [2.75, 3.05) is 25.0 Å². The van der Waals surface area contributed by atoms with Crippen LogP contribution >= 0.6 is 0 Å². The summed E-state index contributed by atoms with van der Waals surface area (Å²) in [5, 5.41) is 8.10. The molecular formula is C19H20N6O. The van der Waals surface area contributed by atoms with E-state index in [0.29, 0.717) is 24.8 Å². The van der Waals surface area contributed by atoms with Crippen LogP contribution in [0.25, 0.3) is 11.0 Å². The van der Waals surface area contributed by atoms with E-state index >= 15 is 0 Å². The molecule has 2 aromatic heterocycles. The number of rotatable bonds is 3. The number of carbonyl (C=O) groups excluding carboxylic acids is 1. The van der Waals surface area contributed by atoms with E-state index in [2.05, 4.69) is 25.1 Å². The van der Waals surface area contributed by atoms with E-state index in [1.54, 1.807) is 12.4 Å². The van der Waals surface area contributed by atoms with Crippen LogP contribution in [0.3, 0.4) is 0 Å². The van der Waals surface area contributed by atoms with Crippen molar-refractivity contribution in [3.05, 3.63) is 54.5 Å². The molecule has 1 amide bonds. The first-order chi connectivity index (χ1) is 12.7. The molecule has 1 fully saturated rings. The molecule has 3 aromatic rings. The lowest BCUT2D eigenvalue weighted by molar-refractivity contribution is 0.0707. The summed E-state index contributed by atoms with van der Waals surface area (Å²) in [6.07, 6.45) is 5.02. The van der Waals surface area contributed by atoms with Crippen molar-refractivity contribution in [3.63, 3.8) is 0 Å². The predicted octanol–water partition coefficient (Wildman–Crippen LogP) is 2.16. The van der Waals surface area contributed by atoms with E-state index in [-0.39, 0.29) is 5.91 Å². The van der Waals surface area contributed by atoms with Gasteiger partial charge in [0.25, 0.3) is 5.91 Å². The van der Waals surface area contributed by atoms with E-state index in [0.717, 1.165) is 29.7 Å². The van der Waals surface area contributed by atoms with E-state index in [1.165, 1.54) is 0 Å². The molecule has 1 aliphatic rings. The van der Waals surface area contributed by atoms with Crippen molar-refractivity contribution in [2.45, 2.75) is 18.9 Å². The van der Waals surface area contributed by atoms with Crippen LogP contribution in [-0.2, 0) is 0 Å². The second-order valence-corrected chi connectivity index (χ2v) is 6.46. The molecule has 26 heavy (non-hydrogen) atoms. The van der Waals surface area contributed by atoms with Crippen LogP contribution in [0.1, 0.15) is 23.3 Å². The first-order valence-corrected chi connectivity index (χ1v) is 8.74. The molecule has 3 heterocycles. The van der Waals surface area contributed by atoms with Crippen LogP contribution in [0.5, 0.6) is 0 Å². The molecule has 0 unspecified atom stereocenters. The quantitative estimate of drug-likeness (QED) is 0.722. The van der Waals surface area contributed by atoms with Gasteiger partial charge in [0.2, 0.25) is 0 Å². The van der Waals surface area contributed by atoms with Crippen molar-refractivity contribution < 1.29 is 4.79 Å². The van der Waals surface area contributed by atoms with Crippen molar-refractivity contribution in [1.82, 2.24) is 25.1 Å². The first-order valence-electron chi connectivity index (χ1n) is 8.74. The summed E-state index contributed by atoms with van der Waals surface area (Å²) in [6, 6.07) is 11.8. The number of fused-ring (bicyclic) bond motifs is 1. The van der Waals surface area contributed by atoms with E-state index < -0.39 is 0 Å². The Morgan fingerprint density at radius 2 is 1.88 bits per heavy atom. The number of likely N-dealkylation sites (tertiary alicyclic amines) is 1. The Morgan fingerprint density at radius 1 is 1.12 bits per heavy atom. The SMILES string of the molecule is CN(c1cccnn1)C1CCN(C(=O)c2cnc3ccccc3n2)CC1. The maximum absolute atomic E-state index is 12.8. The average molecular weight is 348 g/mol. The first kappa shape index (κ1) is 16.4. The van der Waals surface area contributed by atoms with Crippen LogP contribution in [0.4, 0.5) is 5.82 Å². The summed E-state index contributed by atoms with van der Waals surface area (Å²) in [7, 11) is 2.03. The third kappa shape index (κ3) is 3.20. The summed E-state index contributed by atoms with van der Waals surface area (Å²) in [4.78, 5) is 25.6. The number of carbonyl (C=O) groups is 1. The normalized spacial score (nSPS) is 15.2. The fourth-order valence-corrected chi connectivity index (χ4v) is 3.35. The molecule has 7 heteroatoms. The minimum atomic E-state index is -0.0520. The largest absolute Gasteiger partial charge is 0.355 e. The zero-order chi connectivity index (χ0) is 17.9. The fourth-order valence-electron chi connectivity index (χ4n) is 3.35. The van der Waals surface area contributed by atoms with Crippen LogP contribution in [0.2, 0.25) is 0 Å². The molecule has 0 bridgehead atoms. The van der Waals surface area contributed by atoms with Gasteiger partial charge in [-0.1, -0.05) is 12.1 Å². The number of para-hydroxylation sites is 2. The maximum atomic E-state index is 12.8. The zero-order valence-corrected chi connectivity index (χ0v) is 14.6. The number of aromatic nitrogens is 4. The minimum absolute atomic E-state index is 0.0520. The van der Waals surface area contributed by atoms with Crippen molar-refractivity contribution in [3.8, 4) is 0 Å². The molecule has 4 rings (SSSR count). The second-order valence-electron chi connectivity index (χ2n) is 6.46. The zero-order valence-electron chi connectivity index (χ0n) is 14.6. The number of amides is 1. The highest BCUT2D eigenvalue weighted by Gasteiger charge is 2.27. The third-order valence-corrected chi connectivity index (χ3v) is 4.89. The number of piperidine rings is 1. The summed E-state index contributed by atoms with van der Waals surface area (Å²) in [6.45, 7) is 1.39. The van der Waals surface area contributed by atoms with Gasteiger partial charge in [-0.25, -0.2) is 4.98 Å². The molecule has 0 atom stereocenters. The standard InChI is InChI=1S/C19H20N6O/c1-24(18-7-4-10-21-23-18)14-8-11-25(12-9-14)19(26)17-13-20-15-5-2-3-6-16(15)22-17/h2-7,10,13-14H,8-9,11-12H2,1H3. The number of hydrogen-bond acceptors (Lipinski definition) is 6. The molecule has 0 N–H and O–H groups in total.